The van der Waals surface area contributed by atoms with Gasteiger partial charge in [0.05, 0.1) is 63.0 Å². The molecule has 0 N–H and O–H groups in total. The summed E-state index contributed by atoms with van der Waals surface area (Å²) in [7, 11) is 4.64. The Morgan fingerprint density at radius 3 is 2.32 bits per heavy atom. The van der Waals surface area contributed by atoms with Gasteiger partial charge in [-0.05, 0) is 35.9 Å². The van der Waals surface area contributed by atoms with Crippen molar-refractivity contribution in [3.05, 3.63) is 66.1 Å². The minimum atomic E-state index is -0.584. The van der Waals surface area contributed by atoms with Gasteiger partial charge in [-0.2, -0.15) is 0 Å². The highest BCUT2D eigenvalue weighted by Crippen LogP contribution is 2.41. The third kappa shape index (κ3) is 4.65. The van der Waals surface area contributed by atoms with Gasteiger partial charge in [0.1, 0.15) is 5.82 Å². The molecule has 8 nitrogen and oxygen atoms in total. The molecule has 0 aliphatic carbocycles. The summed E-state index contributed by atoms with van der Waals surface area (Å²) < 4.78 is 36.8. The second-order valence-electron chi connectivity index (χ2n) is 8.44. The van der Waals surface area contributed by atoms with Gasteiger partial charge in [0.15, 0.2) is 11.5 Å². The summed E-state index contributed by atoms with van der Waals surface area (Å²) in [5, 5.41) is 0. The van der Waals surface area contributed by atoms with E-state index in [1.807, 2.05) is 18.2 Å². The third-order valence-electron chi connectivity index (χ3n) is 6.34. The Bertz CT molecular complexity index is 1440. The zero-order valence-corrected chi connectivity index (χ0v) is 20.8. The summed E-state index contributed by atoms with van der Waals surface area (Å²) >= 11 is 0. The maximum atomic E-state index is 15.2. The molecule has 1 aliphatic rings. The number of hydrogen-bond acceptors (Lipinski definition) is 7. The Morgan fingerprint density at radius 1 is 0.946 bits per heavy atom. The molecule has 190 valence electrons. The summed E-state index contributed by atoms with van der Waals surface area (Å²) in [5.41, 5.74) is 3.88. The first-order valence-corrected chi connectivity index (χ1v) is 11.8. The number of morpholine rings is 1. The largest absolute Gasteiger partial charge is 0.493 e. The molecule has 1 amide bonds. The number of carbonyl (C=O) groups excluding carboxylic acids is 1. The van der Waals surface area contributed by atoms with Crippen molar-refractivity contribution in [1.29, 1.82) is 0 Å². The monoisotopic (exact) mass is 503 g/mol. The van der Waals surface area contributed by atoms with Crippen LogP contribution in [0.4, 0.5) is 4.39 Å². The van der Waals surface area contributed by atoms with Gasteiger partial charge < -0.3 is 23.8 Å². The minimum Gasteiger partial charge on any atom is -0.493 e. The van der Waals surface area contributed by atoms with Crippen molar-refractivity contribution in [3.63, 3.8) is 0 Å². The van der Waals surface area contributed by atoms with Gasteiger partial charge in [0, 0.05) is 24.2 Å². The molecule has 4 aromatic rings. The van der Waals surface area contributed by atoms with Gasteiger partial charge in [-0.1, -0.05) is 18.2 Å². The van der Waals surface area contributed by atoms with Gasteiger partial charge in [-0.25, -0.2) is 9.37 Å². The van der Waals surface area contributed by atoms with Crippen LogP contribution in [0.5, 0.6) is 17.2 Å². The van der Waals surface area contributed by atoms with Crippen LogP contribution in [0.25, 0.3) is 33.4 Å². The Hall–Kier alpha value is -4.24. The minimum absolute atomic E-state index is 0.0371. The van der Waals surface area contributed by atoms with E-state index in [-0.39, 0.29) is 11.5 Å². The molecule has 1 aliphatic heterocycles. The smallest absolute Gasteiger partial charge is 0.256 e. The third-order valence-corrected chi connectivity index (χ3v) is 6.34. The van der Waals surface area contributed by atoms with Crippen LogP contribution < -0.4 is 14.2 Å². The average molecular weight is 504 g/mol. The highest BCUT2D eigenvalue weighted by atomic mass is 19.1. The zero-order valence-electron chi connectivity index (χ0n) is 20.8. The number of carbonyl (C=O) groups is 1. The first-order valence-electron chi connectivity index (χ1n) is 11.8. The van der Waals surface area contributed by atoms with Crippen molar-refractivity contribution in [1.82, 2.24) is 14.9 Å². The van der Waals surface area contributed by atoms with E-state index in [2.05, 4.69) is 4.98 Å². The average Bonchev–Trinajstić information content (AvgIpc) is 2.95. The maximum absolute atomic E-state index is 15.2. The van der Waals surface area contributed by atoms with Gasteiger partial charge in [-0.15, -0.1) is 0 Å². The van der Waals surface area contributed by atoms with E-state index in [1.54, 1.807) is 50.6 Å². The summed E-state index contributed by atoms with van der Waals surface area (Å²) in [5.74, 6) is 0.545. The zero-order chi connectivity index (χ0) is 25.9. The Morgan fingerprint density at radius 2 is 1.68 bits per heavy atom. The lowest BCUT2D eigenvalue weighted by Gasteiger charge is -2.27. The van der Waals surface area contributed by atoms with Crippen LogP contribution in [0.3, 0.4) is 0 Å². The quantitative estimate of drug-likeness (QED) is 0.380. The fraction of sp³-hybridized carbons (Fsp3) is 0.250. The number of para-hydroxylation sites is 1. The van der Waals surface area contributed by atoms with E-state index in [0.717, 1.165) is 5.56 Å². The lowest BCUT2D eigenvalue weighted by atomic mass is 10.0. The summed E-state index contributed by atoms with van der Waals surface area (Å²) in [4.78, 5) is 23.9. The number of nitrogens with zero attached hydrogens (tertiary/aromatic N) is 3. The molecule has 1 saturated heterocycles. The van der Waals surface area contributed by atoms with Crippen LogP contribution in [0, 0.1) is 5.82 Å². The summed E-state index contributed by atoms with van der Waals surface area (Å²) in [6.45, 7) is 1.80. The molecule has 0 radical (unpaired) electrons. The number of rotatable bonds is 6. The van der Waals surface area contributed by atoms with Crippen LogP contribution in [0.15, 0.2) is 54.7 Å². The molecule has 9 heteroatoms. The number of hydrogen-bond donors (Lipinski definition) is 0. The van der Waals surface area contributed by atoms with Crippen LogP contribution in [-0.4, -0.2) is 68.4 Å². The first-order chi connectivity index (χ1) is 18.0. The predicted molar refractivity (Wildman–Crippen MR) is 137 cm³/mol. The fourth-order valence-electron chi connectivity index (χ4n) is 4.43. The highest BCUT2D eigenvalue weighted by molar-refractivity contribution is 5.97. The number of benzene rings is 3. The second kappa shape index (κ2) is 10.4. The summed E-state index contributed by atoms with van der Waals surface area (Å²) in [6, 6.07) is 13.8. The topological polar surface area (TPSA) is 83.0 Å². The Kier molecular flexibility index (Phi) is 6.87. The van der Waals surface area contributed by atoms with Gasteiger partial charge in [0.2, 0.25) is 5.75 Å². The molecule has 0 spiro atoms. The van der Waals surface area contributed by atoms with Crippen LogP contribution >= 0.6 is 0 Å². The molecule has 0 atom stereocenters. The van der Waals surface area contributed by atoms with Crippen molar-refractivity contribution in [2.75, 3.05) is 47.6 Å². The van der Waals surface area contributed by atoms with Crippen molar-refractivity contribution >= 4 is 16.9 Å². The van der Waals surface area contributed by atoms with E-state index in [4.69, 9.17) is 23.9 Å². The maximum Gasteiger partial charge on any atom is 0.256 e. The van der Waals surface area contributed by atoms with Gasteiger partial charge in [0.25, 0.3) is 5.91 Å². The first kappa shape index (κ1) is 24.5. The van der Waals surface area contributed by atoms with E-state index in [1.165, 1.54) is 12.1 Å². The molecule has 0 saturated carbocycles. The normalized spacial score (nSPS) is 13.5. The van der Waals surface area contributed by atoms with Crippen LogP contribution in [-0.2, 0) is 4.74 Å². The van der Waals surface area contributed by atoms with Crippen LogP contribution in [0.1, 0.15) is 10.4 Å². The number of aromatic nitrogens is 2. The van der Waals surface area contributed by atoms with E-state index >= 15 is 4.39 Å². The predicted octanol–water partition coefficient (Wildman–Crippen LogP) is 4.60. The van der Waals surface area contributed by atoms with Crippen molar-refractivity contribution in [2.24, 2.45) is 0 Å². The number of fused-ring (bicyclic) bond motifs is 1. The fourth-order valence-corrected chi connectivity index (χ4v) is 4.43. The number of amides is 1. The van der Waals surface area contributed by atoms with Crippen molar-refractivity contribution in [3.8, 4) is 39.6 Å². The van der Waals surface area contributed by atoms with E-state index < -0.39 is 5.82 Å². The Labute approximate surface area is 213 Å². The molecule has 5 rings (SSSR count). The van der Waals surface area contributed by atoms with E-state index in [9.17, 15) is 4.79 Å². The molecule has 0 unspecified atom stereocenters. The molecule has 37 heavy (non-hydrogen) atoms. The number of halogens is 1. The van der Waals surface area contributed by atoms with Crippen molar-refractivity contribution in [2.45, 2.75) is 0 Å². The highest BCUT2D eigenvalue weighted by Gasteiger charge is 2.22. The molecule has 1 aromatic heterocycles. The van der Waals surface area contributed by atoms with Gasteiger partial charge >= 0.3 is 0 Å². The molecule has 0 bridgehead atoms. The summed E-state index contributed by atoms with van der Waals surface area (Å²) in [6.07, 6.45) is 1.66. The molecule has 1 fully saturated rings. The van der Waals surface area contributed by atoms with Crippen molar-refractivity contribution < 1.29 is 28.1 Å². The van der Waals surface area contributed by atoms with Crippen LogP contribution in [0.2, 0.25) is 0 Å². The lowest BCUT2D eigenvalue weighted by molar-refractivity contribution is 0.0300. The molecule has 3 aromatic carbocycles. The number of methoxy groups -OCH3 is 3. The SMILES string of the molecule is COc1cc(-c2cnc3cccc(-c4ccc(C(=O)N5CCOCC5)c(F)c4)c3n2)cc(OC)c1OC. The number of ether oxygens (including phenoxy) is 4. The molecule has 2 heterocycles. The second-order valence-corrected chi connectivity index (χ2v) is 8.44. The lowest BCUT2D eigenvalue weighted by Crippen LogP contribution is -2.41. The Balaban J connectivity index is 1.56. The standard InChI is InChI=1S/C28H26FN3O5/c1-34-24-14-18(15-25(35-2)27(24)36-3)23-16-30-22-6-4-5-19(26(22)31-23)17-7-8-20(21(29)13-17)28(33)32-9-11-37-12-10-32/h4-8,13-16H,9-12H2,1-3H3. The molecular weight excluding hydrogens is 477 g/mol. The van der Waals surface area contributed by atoms with E-state index in [0.29, 0.717) is 71.4 Å². The molecular formula is C28H26FN3O5. The van der Waals surface area contributed by atoms with Gasteiger partial charge in [-0.3, -0.25) is 9.78 Å².